The molecule has 5 nitrogen and oxygen atoms in total. The Morgan fingerprint density at radius 1 is 1.15 bits per heavy atom. The SMILES string of the molecule is COc1ccc(C2=NN(C(=O)C(C)c3ccccc3F)CC2)cc1OC. The van der Waals surface area contributed by atoms with Crippen LogP contribution in [0, 0.1) is 5.82 Å². The van der Waals surface area contributed by atoms with Gasteiger partial charge in [-0.1, -0.05) is 18.2 Å². The third-order valence-corrected chi connectivity index (χ3v) is 4.52. The minimum atomic E-state index is -0.593. The van der Waals surface area contributed by atoms with E-state index in [9.17, 15) is 9.18 Å². The van der Waals surface area contributed by atoms with Gasteiger partial charge >= 0.3 is 0 Å². The smallest absolute Gasteiger partial charge is 0.250 e. The van der Waals surface area contributed by atoms with E-state index in [1.807, 2.05) is 18.2 Å². The molecule has 3 rings (SSSR count). The maximum Gasteiger partial charge on any atom is 0.250 e. The number of amides is 1. The van der Waals surface area contributed by atoms with Gasteiger partial charge in [-0.05, 0) is 31.2 Å². The van der Waals surface area contributed by atoms with Crippen LogP contribution in [0.15, 0.2) is 47.6 Å². The first-order valence-corrected chi connectivity index (χ1v) is 8.40. The van der Waals surface area contributed by atoms with Crippen molar-refractivity contribution in [3.8, 4) is 11.5 Å². The van der Waals surface area contributed by atoms with E-state index in [1.54, 1.807) is 39.3 Å². The fraction of sp³-hybridized carbons (Fsp3) is 0.300. The number of hydrogen-bond donors (Lipinski definition) is 0. The van der Waals surface area contributed by atoms with Gasteiger partial charge in [-0.25, -0.2) is 9.40 Å². The summed E-state index contributed by atoms with van der Waals surface area (Å²) in [5, 5.41) is 5.87. The van der Waals surface area contributed by atoms with Crippen molar-refractivity contribution in [1.82, 2.24) is 5.01 Å². The molecule has 0 N–H and O–H groups in total. The second kappa shape index (κ2) is 7.56. The molecule has 26 heavy (non-hydrogen) atoms. The summed E-state index contributed by atoms with van der Waals surface area (Å²) in [5.41, 5.74) is 2.05. The molecule has 1 aliphatic rings. The lowest BCUT2D eigenvalue weighted by atomic mass is 9.99. The van der Waals surface area contributed by atoms with Crippen LogP contribution in [-0.2, 0) is 4.79 Å². The van der Waals surface area contributed by atoms with Gasteiger partial charge in [0.05, 0.1) is 32.4 Å². The maximum atomic E-state index is 14.0. The van der Waals surface area contributed by atoms with Crippen molar-refractivity contribution in [2.24, 2.45) is 5.10 Å². The lowest BCUT2D eigenvalue weighted by Crippen LogP contribution is -2.28. The molecule has 0 saturated heterocycles. The molecule has 136 valence electrons. The van der Waals surface area contributed by atoms with Crippen LogP contribution in [0.3, 0.4) is 0 Å². The van der Waals surface area contributed by atoms with Crippen LogP contribution in [-0.4, -0.2) is 37.4 Å². The Bertz CT molecular complexity index is 851. The molecule has 6 heteroatoms. The number of nitrogens with zero attached hydrogens (tertiary/aromatic N) is 2. The molecule has 1 heterocycles. The number of methoxy groups -OCH3 is 2. The molecule has 0 saturated carbocycles. The zero-order chi connectivity index (χ0) is 18.7. The van der Waals surface area contributed by atoms with E-state index in [-0.39, 0.29) is 11.7 Å². The third kappa shape index (κ3) is 3.40. The summed E-state index contributed by atoms with van der Waals surface area (Å²) in [6.45, 7) is 2.17. The number of ether oxygens (including phenoxy) is 2. The van der Waals surface area contributed by atoms with Crippen molar-refractivity contribution in [2.45, 2.75) is 19.3 Å². The molecule has 1 unspecified atom stereocenters. The maximum absolute atomic E-state index is 14.0. The molecule has 1 aliphatic heterocycles. The average Bonchev–Trinajstić information content (AvgIpc) is 3.16. The van der Waals surface area contributed by atoms with Crippen LogP contribution < -0.4 is 9.47 Å². The summed E-state index contributed by atoms with van der Waals surface area (Å²) in [5.74, 6) is 0.0556. The number of halogens is 1. The van der Waals surface area contributed by atoms with E-state index >= 15 is 0 Å². The van der Waals surface area contributed by atoms with E-state index in [2.05, 4.69) is 5.10 Å². The molecule has 2 aromatic rings. The number of hydrogen-bond acceptors (Lipinski definition) is 4. The lowest BCUT2D eigenvalue weighted by molar-refractivity contribution is -0.132. The number of benzene rings is 2. The Labute approximate surface area is 152 Å². The van der Waals surface area contributed by atoms with Gasteiger partial charge in [0.1, 0.15) is 5.82 Å². The second-order valence-electron chi connectivity index (χ2n) is 6.07. The quantitative estimate of drug-likeness (QED) is 0.823. The van der Waals surface area contributed by atoms with Crippen LogP contribution in [0.25, 0.3) is 0 Å². The number of rotatable bonds is 5. The molecule has 0 bridgehead atoms. The van der Waals surface area contributed by atoms with Crippen molar-refractivity contribution in [2.75, 3.05) is 20.8 Å². The average molecular weight is 356 g/mol. The summed E-state index contributed by atoms with van der Waals surface area (Å²) in [6, 6.07) is 11.9. The topological polar surface area (TPSA) is 51.1 Å². The molecule has 1 atom stereocenters. The van der Waals surface area contributed by atoms with Crippen LogP contribution >= 0.6 is 0 Å². The van der Waals surface area contributed by atoms with E-state index in [0.717, 1.165) is 11.3 Å². The first kappa shape index (κ1) is 17.9. The predicted octanol–water partition coefficient (Wildman–Crippen LogP) is 3.58. The summed E-state index contributed by atoms with van der Waals surface area (Å²) in [4.78, 5) is 12.7. The highest BCUT2D eigenvalue weighted by atomic mass is 19.1. The van der Waals surface area contributed by atoms with Gasteiger partial charge in [-0.15, -0.1) is 0 Å². The highest BCUT2D eigenvalue weighted by molar-refractivity contribution is 6.03. The van der Waals surface area contributed by atoms with Crippen molar-refractivity contribution in [1.29, 1.82) is 0 Å². The Hall–Kier alpha value is -2.89. The number of hydrazone groups is 1. The zero-order valence-corrected chi connectivity index (χ0v) is 15.0. The van der Waals surface area contributed by atoms with Gasteiger partial charge in [0.2, 0.25) is 5.91 Å². The number of carbonyl (C=O) groups excluding carboxylic acids is 1. The molecule has 0 spiro atoms. The van der Waals surface area contributed by atoms with Crippen LogP contribution in [0.4, 0.5) is 4.39 Å². The van der Waals surface area contributed by atoms with Crippen LogP contribution in [0.5, 0.6) is 11.5 Å². The van der Waals surface area contributed by atoms with Crippen molar-refractivity contribution < 1.29 is 18.7 Å². The molecular weight excluding hydrogens is 335 g/mol. The summed E-state index contributed by atoms with van der Waals surface area (Å²) >= 11 is 0. The Morgan fingerprint density at radius 3 is 2.58 bits per heavy atom. The first-order chi connectivity index (χ1) is 12.5. The molecule has 1 amide bonds. The van der Waals surface area contributed by atoms with Gasteiger partial charge in [-0.3, -0.25) is 4.79 Å². The minimum absolute atomic E-state index is 0.217. The summed E-state index contributed by atoms with van der Waals surface area (Å²) in [7, 11) is 3.15. The molecule has 0 fully saturated rings. The fourth-order valence-electron chi connectivity index (χ4n) is 3.02. The van der Waals surface area contributed by atoms with Gasteiger partial charge in [0.25, 0.3) is 0 Å². The first-order valence-electron chi connectivity index (χ1n) is 8.40. The van der Waals surface area contributed by atoms with Gasteiger partial charge in [0.15, 0.2) is 11.5 Å². The highest BCUT2D eigenvalue weighted by Crippen LogP contribution is 2.30. The largest absolute Gasteiger partial charge is 0.493 e. The van der Waals surface area contributed by atoms with E-state index in [1.165, 1.54) is 11.1 Å². The van der Waals surface area contributed by atoms with Gasteiger partial charge in [-0.2, -0.15) is 5.10 Å². The predicted molar refractivity (Wildman–Crippen MR) is 97.2 cm³/mol. The fourth-order valence-corrected chi connectivity index (χ4v) is 3.02. The molecule has 0 aliphatic carbocycles. The normalized spacial score (nSPS) is 14.8. The van der Waals surface area contributed by atoms with E-state index < -0.39 is 5.92 Å². The standard InChI is InChI=1S/C20H21FN2O3/c1-13(15-6-4-5-7-16(15)21)20(24)23-11-10-17(22-23)14-8-9-18(25-2)19(12-14)26-3/h4-9,12-13H,10-11H2,1-3H3. The Morgan fingerprint density at radius 2 is 1.88 bits per heavy atom. The van der Waals surface area contributed by atoms with Gasteiger partial charge < -0.3 is 9.47 Å². The highest BCUT2D eigenvalue weighted by Gasteiger charge is 2.28. The lowest BCUT2D eigenvalue weighted by Gasteiger charge is -2.17. The molecular formula is C20H21FN2O3. The van der Waals surface area contributed by atoms with Gasteiger partial charge in [0, 0.05) is 17.5 Å². The van der Waals surface area contributed by atoms with Crippen molar-refractivity contribution >= 4 is 11.6 Å². The Kier molecular flexibility index (Phi) is 5.21. The monoisotopic (exact) mass is 356 g/mol. The minimum Gasteiger partial charge on any atom is -0.493 e. The van der Waals surface area contributed by atoms with E-state index in [4.69, 9.17) is 9.47 Å². The molecule has 0 radical (unpaired) electrons. The molecule has 2 aromatic carbocycles. The zero-order valence-electron chi connectivity index (χ0n) is 15.0. The van der Waals surface area contributed by atoms with Crippen LogP contribution in [0.1, 0.15) is 30.4 Å². The summed E-state index contributed by atoms with van der Waals surface area (Å²) < 4.78 is 24.5. The van der Waals surface area contributed by atoms with Crippen molar-refractivity contribution in [3.63, 3.8) is 0 Å². The Balaban J connectivity index is 1.81. The third-order valence-electron chi connectivity index (χ3n) is 4.52. The second-order valence-corrected chi connectivity index (χ2v) is 6.07. The van der Waals surface area contributed by atoms with Crippen molar-refractivity contribution in [3.05, 3.63) is 59.4 Å². The van der Waals surface area contributed by atoms with E-state index in [0.29, 0.717) is 30.0 Å². The number of carbonyl (C=O) groups is 1. The molecule has 0 aromatic heterocycles. The summed E-state index contributed by atoms with van der Waals surface area (Å²) in [6.07, 6.45) is 0.630. The van der Waals surface area contributed by atoms with Crippen LogP contribution in [0.2, 0.25) is 0 Å².